The highest BCUT2D eigenvalue weighted by Gasteiger charge is 2.23. The van der Waals surface area contributed by atoms with Crippen molar-refractivity contribution in [2.24, 2.45) is 0 Å². The number of benzene rings is 2. The Hall–Kier alpha value is -3.39. The van der Waals surface area contributed by atoms with E-state index in [1.54, 1.807) is 16.9 Å². The summed E-state index contributed by atoms with van der Waals surface area (Å²) in [7, 11) is 0. The summed E-state index contributed by atoms with van der Waals surface area (Å²) in [5.74, 6) is 1.32. The first-order valence-corrected chi connectivity index (χ1v) is 11.8. The predicted molar refractivity (Wildman–Crippen MR) is 133 cm³/mol. The van der Waals surface area contributed by atoms with Gasteiger partial charge in [0.25, 0.3) is 0 Å². The van der Waals surface area contributed by atoms with Gasteiger partial charge in [0.15, 0.2) is 11.0 Å². The molecule has 1 unspecified atom stereocenters. The van der Waals surface area contributed by atoms with Gasteiger partial charge in [-0.3, -0.25) is 9.36 Å². The third-order valence-electron chi connectivity index (χ3n) is 5.26. The zero-order valence-electron chi connectivity index (χ0n) is 19.5. The molecule has 4 aromatic rings. The fourth-order valence-electron chi connectivity index (χ4n) is 3.51. The maximum Gasteiger partial charge on any atom is 0.238 e. The van der Waals surface area contributed by atoms with Crippen molar-refractivity contribution in [3.8, 4) is 17.1 Å². The first kappa shape index (κ1) is 22.8. The molecule has 1 amide bonds. The second kappa shape index (κ2) is 9.62. The Morgan fingerprint density at radius 1 is 0.970 bits per heavy atom. The number of thioether (sulfide) groups is 1. The van der Waals surface area contributed by atoms with Gasteiger partial charge in [0.1, 0.15) is 5.82 Å². The van der Waals surface area contributed by atoms with Crippen molar-refractivity contribution in [3.05, 3.63) is 71.9 Å². The minimum Gasteiger partial charge on any atom is -0.310 e. The van der Waals surface area contributed by atoms with E-state index >= 15 is 0 Å². The van der Waals surface area contributed by atoms with Gasteiger partial charge < -0.3 is 5.32 Å². The predicted octanol–water partition coefficient (Wildman–Crippen LogP) is 5.45. The zero-order chi connectivity index (χ0) is 23.5. The van der Waals surface area contributed by atoms with E-state index in [0.717, 1.165) is 22.6 Å². The Balaban J connectivity index is 1.65. The van der Waals surface area contributed by atoms with Crippen LogP contribution in [0.5, 0.6) is 0 Å². The molecular formula is C25H28N6OS. The molecule has 4 rings (SSSR count). The van der Waals surface area contributed by atoms with E-state index in [4.69, 9.17) is 0 Å². The van der Waals surface area contributed by atoms with Crippen molar-refractivity contribution in [2.45, 2.75) is 51.1 Å². The number of hydrogen-bond donors (Lipinski definition) is 1. The van der Waals surface area contributed by atoms with Crippen LogP contribution in [0.15, 0.2) is 66.0 Å². The molecule has 2 aromatic carbocycles. The summed E-state index contributed by atoms with van der Waals surface area (Å²) < 4.78 is 3.81. The van der Waals surface area contributed by atoms with Crippen LogP contribution in [0.3, 0.4) is 0 Å². The summed E-state index contributed by atoms with van der Waals surface area (Å²) in [4.78, 5) is 13.0. The van der Waals surface area contributed by atoms with Crippen LogP contribution in [0.1, 0.15) is 37.9 Å². The number of hydrogen-bond acceptors (Lipinski definition) is 5. The molecule has 33 heavy (non-hydrogen) atoms. The van der Waals surface area contributed by atoms with Gasteiger partial charge in [-0.2, -0.15) is 5.10 Å². The molecule has 2 aromatic heterocycles. The Bertz CT molecular complexity index is 1260. The smallest absolute Gasteiger partial charge is 0.238 e. The van der Waals surface area contributed by atoms with Gasteiger partial charge in [-0.1, -0.05) is 53.2 Å². The van der Waals surface area contributed by atoms with Crippen LogP contribution in [0, 0.1) is 13.8 Å². The van der Waals surface area contributed by atoms with Crippen molar-refractivity contribution >= 4 is 23.5 Å². The summed E-state index contributed by atoms with van der Waals surface area (Å²) >= 11 is 1.38. The van der Waals surface area contributed by atoms with E-state index in [2.05, 4.69) is 58.7 Å². The molecule has 0 radical (unpaired) electrons. The van der Waals surface area contributed by atoms with Gasteiger partial charge in [-0.05, 0) is 52.8 Å². The molecule has 0 saturated carbocycles. The van der Waals surface area contributed by atoms with Crippen LogP contribution >= 0.6 is 11.8 Å². The molecule has 0 bridgehead atoms. The summed E-state index contributed by atoms with van der Waals surface area (Å²) in [6.45, 7) is 10.0. The number of nitrogens with one attached hydrogen (secondary N) is 1. The molecule has 0 aliphatic rings. The SMILES string of the molecule is Cc1ccc(-n2c(SC(C)C(=O)Nc3ccnn3C(C)C)nnc2-c2cccc(C)c2)cc1. The number of carbonyl (C=O) groups is 1. The van der Waals surface area contributed by atoms with Crippen LogP contribution in [0.25, 0.3) is 17.1 Å². The molecule has 170 valence electrons. The average molecular weight is 461 g/mol. The Morgan fingerprint density at radius 2 is 1.73 bits per heavy atom. The lowest BCUT2D eigenvalue weighted by Gasteiger charge is -2.16. The van der Waals surface area contributed by atoms with Gasteiger partial charge >= 0.3 is 0 Å². The van der Waals surface area contributed by atoms with E-state index in [0.29, 0.717) is 11.0 Å². The second-order valence-electron chi connectivity index (χ2n) is 8.35. The summed E-state index contributed by atoms with van der Waals surface area (Å²) in [5, 5.41) is 16.5. The number of carbonyl (C=O) groups excluding carboxylic acids is 1. The molecular weight excluding hydrogens is 432 g/mol. The number of aromatic nitrogens is 5. The fourth-order valence-corrected chi connectivity index (χ4v) is 4.38. The topological polar surface area (TPSA) is 77.6 Å². The van der Waals surface area contributed by atoms with Crippen molar-refractivity contribution in [3.63, 3.8) is 0 Å². The molecule has 0 aliphatic heterocycles. The highest BCUT2D eigenvalue weighted by molar-refractivity contribution is 8.00. The number of anilines is 1. The van der Waals surface area contributed by atoms with Crippen LogP contribution in [-0.2, 0) is 4.79 Å². The Kier molecular flexibility index (Phi) is 6.65. The Morgan fingerprint density at radius 3 is 2.42 bits per heavy atom. The van der Waals surface area contributed by atoms with Gasteiger partial charge in [0, 0.05) is 23.4 Å². The van der Waals surface area contributed by atoms with Gasteiger partial charge in [0.2, 0.25) is 5.91 Å². The minimum atomic E-state index is -0.390. The lowest BCUT2D eigenvalue weighted by molar-refractivity contribution is -0.115. The number of amides is 1. The van der Waals surface area contributed by atoms with Crippen LogP contribution < -0.4 is 5.32 Å². The van der Waals surface area contributed by atoms with E-state index in [1.165, 1.54) is 17.3 Å². The lowest BCUT2D eigenvalue weighted by Crippen LogP contribution is -2.25. The molecule has 1 N–H and O–H groups in total. The maximum atomic E-state index is 13.0. The van der Waals surface area contributed by atoms with E-state index in [9.17, 15) is 4.79 Å². The standard InChI is InChI=1S/C25H28N6OS/c1-16(2)31-22(13-14-26-31)27-24(32)19(5)33-25-29-28-23(20-8-6-7-18(4)15-20)30(25)21-11-9-17(3)10-12-21/h6-16,19H,1-5H3,(H,27,32). The Labute approximate surface area is 198 Å². The second-order valence-corrected chi connectivity index (χ2v) is 9.66. The first-order chi connectivity index (χ1) is 15.8. The van der Waals surface area contributed by atoms with Crippen molar-refractivity contribution < 1.29 is 4.79 Å². The number of nitrogens with zero attached hydrogens (tertiary/aromatic N) is 5. The number of rotatable bonds is 7. The minimum absolute atomic E-state index is 0.113. The zero-order valence-corrected chi connectivity index (χ0v) is 20.3. The van der Waals surface area contributed by atoms with Crippen molar-refractivity contribution in [2.75, 3.05) is 5.32 Å². The van der Waals surface area contributed by atoms with Crippen molar-refractivity contribution in [1.82, 2.24) is 24.5 Å². The van der Waals surface area contributed by atoms with E-state index < -0.39 is 0 Å². The van der Waals surface area contributed by atoms with Gasteiger partial charge in [-0.15, -0.1) is 10.2 Å². The van der Waals surface area contributed by atoms with E-state index in [-0.39, 0.29) is 17.2 Å². The first-order valence-electron chi connectivity index (χ1n) is 10.9. The highest BCUT2D eigenvalue weighted by atomic mass is 32.2. The van der Waals surface area contributed by atoms with Gasteiger partial charge in [-0.25, -0.2) is 4.68 Å². The molecule has 8 heteroatoms. The molecule has 2 heterocycles. The monoisotopic (exact) mass is 460 g/mol. The van der Waals surface area contributed by atoms with Crippen LogP contribution in [0.4, 0.5) is 5.82 Å². The van der Waals surface area contributed by atoms with Gasteiger partial charge in [0.05, 0.1) is 11.4 Å². The third-order valence-corrected chi connectivity index (χ3v) is 6.31. The van der Waals surface area contributed by atoms with Crippen LogP contribution in [-0.4, -0.2) is 35.7 Å². The normalized spacial score (nSPS) is 12.2. The number of aryl methyl sites for hydroxylation is 2. The third kappa shape index (κ3) is 5.01. The fraction of sp³-hybridized carbons (Fsp3) is 0.280. The van der Waals surface area contributed by atoms with Crippen molar-refractivity contribution in [1.29, 1.82) is 0 Å². The highest BCUT2D eigenvalue weighted by Crippen LogP contribution is 2.31. The molecule has 0 fully saturated rings. The maximum absolute atomic E-state index is 13.0. The quantitative estimate of drug-likeness (QED) is 0.371. The summed E-state index contributed by atoms with van der Waals surface area (Å²) in [5.41, 5.74) is 4.25. The molecule has 7 nitrogen and oxygen atoms in total. The average Bonchev–Trinajstić information content (AvgIpc) is 3.41. The molecule has 0 spiro atoms. The largest absolute Gasteiger partial charge is 0.310 e. The lowest BCUT2D eigenvalue weighted by atomic mass is 10.1. The molecule has 0 saturated heterocycles. The molecule has 0 aliphatic carbocycles. The summed E-state index contributed by atoms with van der Waals surface area (Å²) in [6, 6.07) is 18.4. The summed E-state index contributed by atoms with van der Waals surface area (Å²) in [6.07, 6.45) is 1.69. The molecule has 1 atom stereocenters. The van der Waals surface area contributed by atoms with Crippen LogP contribution in [0.2, 0.25) is 0 Å². The van der Waals surface area contributed by atoms with E-state index in [1.807, 2.05) is 49.6 Å².